The number of hydrogen-bond donors (Lipinski definition) is 0. The molecule has 0 bridgehead atoms. The molecule has 0 N–H and O–H groups in total. The molecule has 1 aromatic carbocycles. The maximum atomic E-state index is 5.41. The van der Waals surface area contributed by atoms with Crippen LogP contribution in [-0.2, 0) is 0 Å². The van der Waals surface area contributed by atoms with Crippen LogP contribution in [0.5, 0.6) is 0 Å². The van der Waals surface area contributed by atoms with Gasteiger partial charge < -0.3 is 9.42 Å². The minimum absolute atomic E-state index is 0.498. The van der Waals surface area contributed by atoms with E-state index in [0.717, 1.165) is 16.9 Å². The molecule has 128 valence electrons. The van der Waals surface area contributed by atoms with Gasteiger partial charge in [0.1, 0.15) is 5.82 Å². The van der Waals surface area contributed by atoms with Crippen LogP contribution in [0.2, 0.25) is 0 Å². The highest BCUT2D eigenvalue weighted by Crippen LogP contribution is 2.27. The van der Waals surface area contributed by atoms with E-state index in [1.54, 1.807) is 0 Å². The van der Waals surface area contributed by atoms with Crippen LogP contribution >= 0.6 is 0 Å². The van der Waals surface area contributed by atoms with Gasteiger partial charge in [-0.25, -0.2) is 4.98 Å². The summed E-state index contributed by atoms with van der Waals surface area (Å²) in [5.74, 6) is 2.09. The summed E-state index contributed by atoms with van der Waals surface area (Å²) in [5, 5.41) is 4.07. The van der Waals surface area contributed by atoms with E-state index in [9.17, 15) is 0 Å². The fourth-order valence-electron chi connectivity index (χ4n) is 3.42. The van der Waals surface area contributed by atoms with Gasteiger partial charge in [-0.1, -0.05) is 54.8 Å². The highest BCUT2D eigenvalue weighted by Gasteiger charge is 2.19. The lowest BCUT2D eigenvalue weighted by Crippen LogP contribution is -2.33. The van der Waals surface area contributed by atoms with Crippen LogP contribution in [0.3, 0.4) is 0 Å². The van der Waals surface area contributed by atoms with Crippen molar-refractivity contribution in [2.75, 3.05) is 11.9 Å². The number of anilines is 1. The first-order chi connectivity index (χ1) is 12.3. The van der Waals surface area contributed by atoms with E-state index in [4.69, 9.17) is 4.52 Å². The molecule has 1 aliphatic rings. The molecule has 2 aromatic heterocycles. The molecule has 5 nitrogen and oxygen atoms in total. The van der Waals surface area contributed by atoms with Crippen LogP contribution in [0.1, 0.15) is 32.1 Å². The predicted molar refractivity (Wildman–Crippen MR) is 98.2 cm³/mol. The average Bonchev–Trinajstić information content (AvgIpc) is 3.19. The highest BCUT2D eigenvalue weighted by atomic mass is 16.5. The van der Waals surface area contributed by atoms with E-state index in [1.807, 2.05) is 48.7 Å². The van der Waals surface area contributed by atoms with Crippen molar-refractivity contribution >= 4 is 5.82 Å². The van der Waals surface area contributed by atoms with Crippen LogP contribution < -0.4 is 4.90 Å². The molecule has 0 aliphatic heterocycles. The first-order valence-corrected chi connectivity index (χ1v) is 8.89. The van der Waals surface area contributed by atoms with Crippen LogP contribution in [-0.4, -0.2) is 28.2 Å². The molecular formula is C20H22N4O. The van der Waals surface area contributed by atoms with E-state index >= 15 is 0 Å². The Bertz CT molecular complexity index is 807. The Morgan fingerprint density at radius 2 is 1.76 bits per heavy atom. The van der Waals surface area contributed by atoms with E-state index in [2.05, 4.69) is 27.1 Å². The topological polar surface area (TPSA) is 55.1 Å². The van der Waals surface area contributed by atoms with Gasteiger partial charge in [-0.2, -0.15) is 4.98 Å². The van der Waals surface area contributed by atoms with Crippen molar-refractivity contribution < 1.29 is 4.52 Å². The fourth-order valence-corrected chi connectivity index (χ4v) is 3.42. The quantitative estimate of drug-likeness (QED) is 0.699. The van der Waals surface area contributed by atoms with Gasteiger partial charge in [-0.15, -0.1) is 0 Å². The molecule has 1 aliphatic carbocycles. The summed E-state index contributed by atoms with van der Waals surface area (Å²) in [6.45, 7) is 0. The van der Waals surface area contributed by atoms with Crippen molar-refractivity contribution in [1.29, 1.82) is 0 Å². The summed E-state index contributed by atoms with van der Waals surface area (Å²) in [6.07, 6.45) is 8.32. The molecule has 4 rings (SSSR count). The zero-order valence-corrected chi connectivity index (χ0v) is 14.4. The molecule has 0 radical (unpaired) electrons. The summed E-state index contributed by atoms with van der Waals surface area (Å²) < 4.78 is 5.41. The Hall–Kier alpha value is -2.69. The largest absolute Gasteiger partial charge is 0.357 e. The molecule has 0 atom stereocenters. The summed E-state index contributed by atoms with van der Waals surface area (Å²) >= 11 is 0. The summed E-state index contributed by atoms with van der Waals surface area (Å²) in [7, 11) is 2.14. The second kappa shape index (κ2) is 7.05. The normalized spacial score (nSPS) is 15.2. The van der Waals surface area contributed by atoms with E-state index in [0.29, 0.717) is 17.8 Å². The highest BCUT2D eigenvalue weighted by molar-refractivity contribution is 5.60. The van der Waals surface area contributed by atoms with Crippen LogP contribution in [0.4, 0.5) is 5.82 Å². The average molecular weight is 334 g/mol. The maximum absolute atomic E-state index is 5.41. The predicted octanol–water partition coefficient (Wildman–Crippen LogP) is 4.57. The number of pyridine rings is 1. The Morgan fingerprint density at radius 3 is 2.48 bits per heavy atom. The maximum Gasteiger partial charge on any atom is 0.259 e. The third-order valence-corrected chi connectivity index (χ3v) is 4.94. The van der Waals surface area contributed by atoms with Gasteiger partial charge in [0.25, 0.3) is 5.89 Å². The molecule has 2 heterocycles. The third-order valence-electron chi connectivity index (χ3n) is 4.94. The van der Waals surface area contributed by atoms with E-state index in [1.165, 1.54) is 32.1 Å². The first kappa shape index (κ1) is 15.8. The number of benzene rings is 1. The molecule has 0 spiro atoms. The fraction of sp³-hybridized carbons (Fsp3) is 0.350. The number of nitrogens with zero attached hydrogens (tertiary/aromatic N) is 4. The monoisotopic (exact) mass is 334 g/mol. The van der Waals surface area contributed by atoms with Crippen molar-refractivity contribution in [2.24, 2.45) is 0 Å². The lowest BCUT2D eigenvalue weighted by atomic mass is 9.94. The minimum atomic E-state index is 0.498. The summed E-state index contributed by atoms with van der Waals surface area (Å²) in [5.41, 5.74) is 1.79. The Labute approximate surface area is 147 Å². The molecule has 5 heteroatoms. The summed E-state index contributed by atoms with van der Waals surface area (Å²) in [4.78, 5) is 11.4. The molecule has 25 heavy (non-hydrogen) atoms. The number of rotatable bonds is 4. The van der Waals surface area contributed by atoms with Crippen LogP contribution in [0, 0.1) is 0 Å². The third kappa shape index (κ3) is 3.40. The van der Waals surface area contributed by atoms with Gasteiger partial charge in [-0.3, -0.25) is 0 Å². The Balaban J connectivity index is 1.51. The van der Waals surface area contributed by atoms with Gasteiger partial charge in [0.15, 0.2) is 0 Å². The van der Waals surface area contributed by atoms with Gasteiger partial charge in [0.05, 0.1) is 5.56 Å². The zero-order chi connectivity index (χ0) is 17.1. The second-order valence-corrected chi connectivity index (χ2v) is 6.60. The van der Waals surface area contributed by atoms with Crippen molar-refractivity contribution in [3.05, 3.63) is 48.7 Å². The van der Waals surface area contributed by atoms with Crippen LogP contribution in [0.25, 0.3) is 22.8 Å². The Kier molecular flexibility index (Phi) is 4.46. The molecule has 0 amide bonds. The standard InChI is InChI=1S/C20H22N4O/c1-24(17-10-6-3-7-11-17)18-13-12-16(14-21-18)20-22-19(23-25-20)15-8-4-2-5-9-15/h2,4-5,8-9,12-14,17H,3,6-7,10-11H2,1H3. The summed E-state index contributed by atoms with van der Waals surface area (Å²) in [6, 6.07) is 14.5. The molecule has 1 saturated carbocycles. The smallest absolute Gasteiger partial charge is 0.259 e. The van der Waals surface area contributed by atoms with Crippen molar-refractivity contribution in [3.63, 3.8) is 0 Å². The SMILES string of the molecule is CN(c1ccc(-c2nc(-c3ccccc3)no2)cn1)C1CCCCC1. The molecule has 0 saturated heterocycles. The van der Waals surface area contributed by atoms with Gasteiger partial charge in [-0.05, 0) is 25.0 Å². The van der Waals surface area contributed by atoms with Crippen molar-refractivity contribution in [3.8, 4) is 22.8 Å². The van der Waals surface area contributed by atoms with Crippen LogP contribution in [0.15, 0.2) is 53.2 Å². The van der Waals surface area contributed by atoms with Gasteiger partial charge in [0.2, 0.25) is 5.82 Å². The molecule has 0 unspecified atom stereocenters. The van der Waals surface area contributed by atoms with E-state index < -0.39 is 0 Å². The number of hydrogen-bond acceptors (Lipinski definition) is 5. The van der Waals surface area contributed by atoms with Crippen molar-refractivity contribution in [1.82, 2.24) is 15.1 Å². The lowest BCUT2D eigenvalue weighted by molar-refractivity contribution is 0.425. The van der Waals surface area contributed by atoms with E-state index in [-0.39, 0.29) is 0 Å². The molecule has 3 aromatic rings. The lowest BCUT2D eigenvalue weighted by Gasteiger charge is -2.32. The Morgan fingerprint density at radius 1 is 0.960 bits per heavy atom. The molecular weight excluding hydrogens is 312 g/mol. The number of aromatic nitrogens is 3. The van der Waals surface area contributed by atoms with Gasteiger partial charge in [0, 0.05) is 24.8 Å². The second-order valence-electron chi connectivity index (χ2n) is 6.60. The van der Waals surface area contributed by atoms with Gasteiger partial charge >= 0.3 is 0 Å². The molecule has 1 fully saturated rings. The zero-order valence-electron chi connectivity index (χ0n) is 14.4. The minimum Gasteiger partial charge on any atom is -0.357 e. The first-order valence-electron chi connectivity index (χ1n) is 8.89. The van der Waals surface area contributed by atoms with Crippen molar-refractivity contribution in [2.45, 2.75) is 38.1 Å².